The van der Waals surface area contributed by atoms with Crippen molar-refractivity contribution in [1.82, 2.24) is 5.01 Å². The van der Waals surface area contributed by atoms with Gasteiger partial charge in [0.2, 0.25) is 5.71 Å². The van der Waals surface area contributed by atoms with Crippen LogP contribution in [0.2, 0.25) is 0 Å². The zero-order valence-corrected chi connectivity index (χ0v) is 15.3. The first-order valence-corrected chi connectivity index (χ1v) is 8.52. The standard InChI is InChI=1S/C16H15F3N4O3S/c1-9-13(12(21-26-3)14(24)25-2)27-15-22(8-20-23(9)15)11-6-4-10(5-7-11)16(17,18)19/h4-8,15H,1-3H3/b21-12+. The molecule has 0 radical (unpaired) electrons. The van der Waals surface area contributed by atoms with Crippen molar-refractivity contribution in [2.75, 3.05) is 19.1 Å². The van der Waals surface area contributed by atoms with E-state index in [-0.39, 0.29) is 5.71 Å². The van der Waals surface area contributed by atoms with Crippen LogP contribution in [0.15, 0.2) is 45.1 Å². The lowest BCUT2D eigenvalue weighted by Gasteiger charge is -2.24. The van der Waals surface area contributed by atoms with Gasteiger partial charge in [-0.2, -0.15) is 18.3 Å². The number of fused-ring (bicyclic) bond motifs is 1. The normalized spacial score (nSPS) is 19.6. The van der Waals surface area contributed by atoms with E-state index in [1.165, 1.54) is 44.5 Å². The fourth-order valence-electron chi connectivity index (χ4n) is 2.60. The highest BCUT2D eigenvalue weighted by Crippen LogP contribution is 2.44. The molecule has 0 aromatic heterocycles. The molecule has 27 heavy (non-hydrogen) atoms. The second-order valence-corrected chi connectivity index (χ2v) is 6.57. The van der Waals surface area contributed by atoms with E-state index < -0.39 is 23.2 Å². The first-order valence-electron chi connectivity index (χ1n) is 7.64. The molecular formula is C16H15F3N4O3S. The first-order chi connectivity index (χ1) is 12.8. The number of anilines is 1. The second-order valence-electron chi connectivity index (χ2n) is 5.50. The SMILES string of the molecule is CO/N=C(/C(=O)OC)C1=C(C)N2N=CN(c3ccc(C(F)(F)F)cc3)C2S1. The quantitative estimate of drug-likeness (QED) is 0.439. The Morgan fingerprint density at radius 3 is 2.48 bits per heavy atom. The molecule has 2 aliphatic rings. The fourth-order valence-corrected chi connectivity index (χ4v) is 3.91. The van der Waals surface area contributed by atoms with Gasteiger partial charge in [-0.1, -0.05) is 16.9 Å². The Bertz CT molecular complexity index is 836. The van der Waals surface area contributed by atoms with Gasteiger partial charge in [-0.05, 0) is 31.2 Å². The molecule has 0 fully saturated rings. The van der Waals surface area contributed by atoms with Gasteiger partial charge in [0, 0.05) is 5.69 Å². The molecule has 0 spiro atoms. The topological polar surface area (TPSA) is 66.7 Å². The van der Waals surface area contributed by atoms with Crippen LogP contribution in [0.4, 0.5) is 18.9 Å². The van der Waals surface area contributed by atoms with Gasteiger partial charge in [0.05, 0.1) is 23.3 Å². The maximum absolute atomic E-state index is 12.8. The molecule has 0 bridgehead atoms. The van der Waals surface area contributed by atoms with Crippen LogP contribution < -0.4 is 4.90 Å². The summed E-state index contributed by atoms with van der Waals surface area (Å²) in [6, 6.07) is 4.77. The van der Waals surface area contributed by atoms with Crippen LogP contribution in [0.1, 0.15) is 12.5 Å². The number of alkyl halides is 3. The highest BCUT2D eigenvalue weighted by molar-refractivity contribution is 8.05. The molecule has 0 amide bonds. The minimum absolute atomic E-state index is 0.000491. The van der Waals surface area contributed by atoms with Crippen LogP contribution in [0, 0.1) is 0 Å². The van der Waals surface area contributed by atoms with E-state index >= 15 is 0 Å². The van der Waals surface area contributed by atoms with Gasteiger partial charge >= 0.3 is 12.1 Å². The van der Waals surface area contributed by atoms with Gasteiger partial charge in [0.25, 0.3) is 0 Å². The summed E-state index contributed by atoms with van der Waals surface area (Å²) in [6.45, 7) is 1.75. The van der Waals surface area contributed by atoms with Crippen molar-refractivity contribution in [3.8, 4) is 0 Å². The lowest BCUT2D eigenvalue weighted by molar-refractivity contribution is -0.137. The van der Waals surface area contributed by atoms with E-state index in [1.807, 2.05) is 0 Å². The van der Waals surface area contributed by atoms with Crippen molar-refractivity contribution in [2.45, 2.75) is 18.6 Å². The van der Waals surface area contributed by atoms with Crippen molar-refractivity contribution in [2.24, 2.45) is 10.3 Å². The van der Waals surface area contributed by atoms with Crippen LogP contribution >= 0.6 is 11.8 Å². The summed E-state index contributed by atoms with van der Waals surface area (Å²) >= 11 is 1.27. The molecule has 1 atom stereocenters. The summed E-state index contributed by atoms with van der Waals surface area (Å²) in [6.07, 6.45) is -2.88. The van der Waals surface area contributed by atoms with Crippen LogP contribution in [-0.4, -0.2) is 42.7 Å². The molecular weight excluding hydrogens is 385 g/mol. The molecule has 0 saturated heterocycles. The Morgan fingerprint density at radius 2 is 1.93 bits per heavy atom. The van der Waals surface area contributed by atoms with E-state index in [2.05, 4.69) is 10.3 Å². The molecule has 1 aromatic rings. The Hall–Kier alpha value is -2.69. The number of halogens is 3. The number of hydrogen-bond acceptors (Lipinski definition) is 8. The minimum Gasteiger partial charge on any atom is -0.464 e. The number of hydrazone groups is 1. The Labute approximate surface area is 157 Å². The molecule has 11 heteroatoms. The summed E-state index contributed by atoms with van der Waals surface area (Å²) < 4.78 is 43.0. The monoisotopic (exact) mass is 400 g/mol. The van der Waals surface area contributed by atoms with Crippen LogP contribution in [-0.2, 0) is 20.5 Å². The average molecular weight is 400 g/mol. The number of esters is 1. The lowest BCUT2D eigenvalue weighted by atomic mass is 10.2. The number of allylic oxidation sites excluding steroid dienone is 1. The number of hydrogen-bond donors (Lipinski definition) is 0. The second kappa shape index (κ2) is 7.14. The predicted octanol–water partition coefficient (Wildman–Crippen LogP) is 3.21. The molecule has 1 aromatic carbocycles. The number of benzene rings is 1. The van der Waals surface area contributed by atoms with Gasteiger partial charge in [0.15, 0.2) is 5.50 Å². The summed E-state index contributed by atoms with van der Waals surface area (Å²) in [5.74, 6) is -0.662. The molecule has 1 unspecified atom stereocenters. The third kappa shape index (κ3) is 3.46. The Kier molecular flexibility index (Phi) is 5.05. The first kappa shape index (κ1) is 19.1. The zero-order valence-electron chi connectivity index (χ0n) is 14.5. The van der Waals surface area contributed by atoms with Crippen molar-refractivity contribution >= 4 is 35.5 Å². The van der Waals surface area contributed by atoms with Gasteiger partial charge < -0.3 is 9.57 Å². The number of carbonyl (C=O) groups is 1. The van der Waals surface area contributed by atoms with Gasteiger partial charge in [-0.15, -0.1) is 0 Å². The zero-order chi connectivity index (χ0) is 19.8. The molecule has 3 rings (SSSR count). The molecule has 0 saturated carbocycles. The van der Waals surface area contributed by atoms with Crippen molar-refractivity contribution in [1.29, 1.82) is 0 Å². The predicted molar refractivity (Wildman–Crippen MR) is 94.8 cm³/mol. The highest BCUT2D eigenvalue weighted by atomic mass is 32.2. The largest absolute Gasteiger partial charge is 0.464 e. The summed E-state index contributed by atoms with van der Waals surface area (Å²) in [7, 11) is 2.54. The maximum Gasteiger partial charge on any atom is 0.416 e. The third-order valence-electron chi connectivity index (χ3n) is 3.91. The maximum atomic E-state index is 12.8. The number of rotatable bonds is 4. The highest BCUT2D eigenvalue weighted by Gasteiger charge is 2.42. The van der Waals surface area contributed by atoms with Crippen molar-refractivity contribution in [3.63, 3.8) is 0 Å². The van der Waals surface area contributed by atoms with Crippen molar-refractivity contribution < 1.29 is 27.5 Å². The Morgan fingerprint density at radius 1 is 1.26 bits per heavy atom. The third-order valence-corrected chi connectivity index (χ3v) is 5.27. The number of oxime groups is 1. The van der Waals surface area contributed by atoms with Crippen LogP contribution in [0.3, 0.4) is 0 Å². The molecule has 7 nitrogen and oxygen atoms in total. The number of carbonyl (C=O) groups excluding carboxylic acids is 1. The van der Waals surface area contributed by atoms with E-state index in [1.54, 1.807) is 16.8 Å². The minimum atomic E-state index is -4.40. The smallest absolute Gasteiger partial charge is 0.416 e. The number of thioether (sulfide) groups is 1. The van der Waals surface area contributed by atoms with Gasteiger partial charge in [-0.3, -0.25) is 4.90 Å². The summed E-state index contributed by atoms with van der Waals surface area (Å²) in [5, 5.41) is 9.65. The number of nitrogens with zero attached hydrogens (tertiary/aromatic N) is 4. The van der Waals surface area contributed by atoms with E-state index in [0.29, 0.717) is 16.3 Å². The van der Waals surface area contributed by atoms with E-state index in [4.69, 9.17) is 9.57 Å². The Balaban J connectivity index is 1.86. The molecule has 0 aliphatic carbocycles. The average Bonchev–Trinajstić information content (AvgIpc) is 3.19. The molecule has 2 heterocycles. The van der Waals surface area contributed by atoms with Crippen LogP contribution in [0.5, 0.6) is 0 Å². The number of methoxy groups -OCH3 is 1. The number of ether oxygens (including phenoxy) is 1. The molecule has 144 valence electrons. The van der Waals surface area contributed by atoms with E-state index in [9.17, 15) is 18.0 Å². The lowest BCUT2D eigenvalue weighted by Crippen LogP contribution is -2.33. The van der Waals surface area contributed by atoms with Gasteiger partial charge in [0.1, 0.15) is 13.4 Å². The fraction of sp³-hybridized carbons (Fsp3) is 0.312. The van der Waals surface area contributed by atoms with Crippen molar-refractivity contribution in [3.05, 3.63) is 40.4 Å². The molecule has 2 aliphatic heterocycles. The van der Waals surface area contributed by atoms with E-state index in [0.717, 1.165) is 12.1 Å². The van der Waals surface area contributed by atoms with Gasteiger partial charge in [-0.25, -0.2) is 9.80 Å². The summed E-state index contributed by atoms with van der Waals surface area (Å²) in [5.41, 5.74) is 0.0531. The molecule has 0 N–H and O–H groups in total. The summed E-state index contributed by atoms with van der Waals surface area (Å²) in [4.78, 5) is 18.9. The van der Waals surface area contributed by atoms with Crippen LogP contribution in [0.25, 0.3) is 0 Å².